The summed E-state index contributed by atoms with van der Waals surface area (Å²) < 4.78 is 7.49. The van der Waals surface area contributed by atoms with Crippen LogP contribution in [0.25, 0.3) is 0 Å². The van der Waals surface area contributed by atoms with Crippen molar-refractivity contribution in [3.63, 3.8) is 0 Å². The molecule has 0 aliphatic heterocycles. The molecule has 1 heterocycles. The first-order valence-electron chi connectivity index (χ1n) is 6.78. The van der Waals surface area contributed by atoms with Crippen LogP contribution < -0.4 is 5.32 Å². The average Bonchev–Trinajstić information content (AvgIpc) is 2.65. The molecule has 0 amide bonds. The summed E-state index contributed by atoms with van der Waals surface area (Å²) in [4.78, 5) is 0. The Morgan fingerprint density at radius 2 is 2.11 bits per heavy atom. The highest BCUT2D eigenvalue weighted by Gasteiger charge is 2.24. The Labute approximate surface area is 121 Å². The van der Waals surface area contributed by atoms with Gasteiger partial charge in [-0.2, -0.15) is 5.10 Å². The number of halogens is 1. The van der Waals surface area contributed by atoms with Crippen LogP contribution in [0.2, 0.25) is 5.02 Å². The molecule has 0 aliphatic carbocycles. The van der Waals surface area contributed by atoms with Gasteiger partial charge < -0.3 is 10.1 Å². The fourth-order valence-electron chi connectivity index (χ4n) is 2.25. The van der Waals surface area contributed by atoms with Crippen LogP contribution in [-0.4, -0.2) is 35.6 Å². The Morgan fingerprint density at radius 1 is 1.47 bits per heavy atom. The van der Waals surface area contributed by atoms with Gasteiger partial charge in [-0.15, -0.1) is 0 Å². The molecule has 1 aromatic rings. The van der Waals surface area contributed by atoms with Crippen LogP contribution in [0.4, 0.5) is 0 Å². The topological polar surface area (TPSA) is 39.1 Å². The van der Waals surface area contributed by atoms with E-state index in [1.54, 1.807) is 7.11 Å². The number of rotatable bonds is 7. The number of methoxy groups -OCH3 is 1. The summed E-state index contributed by atoms with van der Waals surface area (Å²) in [6, 6.07) is 0.314. The standard InChI is InChI=1S/C14H26ClN3O/c1-7-18-12(13(15)10(2)17-18)8-11(16-5)9-14(3,4)19-6/h11,16H,7-9H2,1-6H3. The zero-order chi connectivity index (χ0) is 14.6. The molecule has 0 spiro atoms. The minimum atomic E-state index is -0.147. The lowest BCUT2D eigenvalue weighted by Crippen LogP contribution is -2.37. The monoisotopic (exact) mass is 287 g/mol. The van der Waals surface area contributed by atoms with E-state index in [0.717, 1.165) is 35.8 Å². The van der Waals surface area contributed by atoms with E-state index >= 15 is 0 Å². The normalized spacial score (nSPS) is 13.8. The summed E-state index contributed by atoms with van der Waals surface area (Å²) in [5, 5.41) is 8.60. The molecular weight excluding hydrogens is 262 g/mol. The second kappa shape index (κ2) is 6.73. The molecule has 4 nitrogen and oxygen atoms in total. The maximum atomic E-state index is 6.36. The molecule has 19 heavy (non-hydrogen) atoms. The van der Waals surface area contributed by atoms with Crippen molar-refractivity contribution in [2.75, 3.05) is 14.2 Å². The van der Waals surface area contributed by atoms with Crippen molar-refractivity contribution in [1.82, 2.24) is 15.1 Å². The first-order chi connectivity index (χ1) is 8.84. The van der Waals surface area contributed by atoms with Crippen molar-refractivity contribution in [3.8, 4) is 0 Å². The van der Waals surface area contributed by atoms with Gasteiger partial charge in [-0.3, -0.25) is 4.68 Å². The van der Waals surface area contributed by atoms with Crippen molar-refractivity contribution in [2.24, 2.45) is 0 Å². The Balaban J connectivity index is 2.87. The van der Waals surface area contributed by atoms with E-state index < -0.39 is 0 Å². The van der Waals surface area contributed by atoms with Crippen molar-refractivity contribution >= 4 is 11.6 Å². The minimum absolute atomic E-state index is 0.147. The largest absolute Gasteiger partial charge is 0.379 e. The molecule has 0 bridgehead atoms. The van der Waals surface area contributed by atoms with Crippen LogP contribution in [0, 0.1) is 6.92 Å². The fourth-order valence-corrected chi connectivity index (χ4v) is 2.46. The van der Waals surface area contributed by atoms with Crippen molar-refractivity contribution in [2.45, 2.75) is 58.7 Å². The molecule has 0 aromatic carbocycles. The third-order valence-corrected chi connectivity index (χ3v) is 4.08. The number of nitrogens with zero attached hydrogens (tertiary/aromatic N) is 2. The molecule has 1 aromatic heterocycles. The third-order valence-electron chi connectivity index (χ3n) is 3.59. The highest BCUT2D eigenvalue weighted by Crippen LogP contribution is 2.24. The molecule has 5 heteroatoms. The maximum Gasteiger partial charge on any atom is 0.0847 e. The summed E-state index contributed by atoms with van der Waals surface area (Å²) in [6.07, 6.45) is 1.78. The van der Waals surface area contributed by atoms with Crippen LogP contribution in [0.1, 0.15) is 38.6 Å². The smallest absolute Gasteiger partial charge is 0.0847 e. The van der Waals surface area contributed by atoms with Crippen molar-refractivity contribution in [1.29, 1.82) is 0 Å². The number of aromatic nitrogens is 2. The van der Waals surface area contributed by atoms with Gasteiger partial charge in [-0.05, 0) is 41.2 Å². The number of hydrogen-bond donors (Lipinski definition) is 1. The SMILES string of the molecule is CCn1nc(C)c(Cl)c1CC(CC(C)(C)OC)NC. The van der Waals surface area contributed by atoms with E-state index in [1.807, 2.05) is 18.7 Å². The summed E-state index contributed by atoms with van der Waals surface area (Å²) >= 11 is 6.36. The van der Waals surface area contributed by atoms with E-state index in [9.17, 15) is 0 Å². The molecule has 0 saturated carbocycles. The lowest BCUT2D eigenvalue weighted by atomic mass is 9.95. The van der Waals surface area contributed by atoms with Gasteiger partial charge >= 0.3 is 0 Å². The van der Waals surface area contributed by atoms with Crippen LogP contribution in [0.15, 0.2) is 0 Å². The number of ether oxygens (including phenoxy) is 1. The summed E-state index contributed by atoms with van der Waals surface area (Å²) in [6.45, 7) is 9.07. The molecule has 0 fully saturated rings. The first-order valence-corrected chi connectivity index (χ1v) is 7.16. The third kappa shape index (κ3) is 4.20. The van der Waals surface area contributed by atoms with Gasteiger partial charge in [0.1, 0.15) is 0 Å². The predicted octanol–water partition coefficient (Wildman–Crippen LogP) is 2.81. The lowest BCUT2D eigenvalue weighted by molar-refractivity contribution is 0.00758. The molecule has 1 N–H and O–H groups in total. The van der Waals surface area contributed by atoms with E-state index in [4.69, 9.17) is 16.3 Å². The minimum Gasteiger partial charge on any atom is -0.379 e. The average molecular weight is 288 g/mol. The number of nitrogens with one attached hydrogen (secondary N) is 1. The van der Waals surface area contributed by atoms with Crippen LogP contribution >= 0.6 is 11.6 Å². The molecule has 0 radical (unpaired) electrons. The Morgan fingerprint density at radius 3 is 2.58 bits per heavy atom. The van der Waals surface area contributed by atoms with E-state index in [0.29, 0.717) is 6.04 Å². The van der Waals surface area contributed by atoms with Crippen molar-refractivity contribution in [3.05, 3.63) is 16.4 Å². The predicted molar refractivity (Wildman–Crippen MR) is 79.9 cm³/mol. The molecule has 0 saturated heterocycles. The molecule has 1 atom stereocenters. The number of aryl methyl sites for hydroxylation is 2. The molecule has 1 unspecified atom stereocenters. The second-order valence-corrected chi connectivity index (χ2v) is 5.90. The van der Waals surface area contributed by atoms with Crippen LogP contribution in [0.3, 0.4) is 0 Å². The number of likely N-dealkylation sites (N-methyl/N-ethyl adjacent to an activating group) is 1. The molecule has 1 rings (SSSR count). The van der Waals surface area contributed by atoms with Gasteiger partial charge in [0, 0.05) is 26.1 Å². The number of hydrogen-bond acceptors (Lipinski definition) is 3. The zero-order valence-electron chi connectivity index (χ0n) is 12.9. The van der Waals surface area contributed by atoms with Gasteiger partial charge in [0.15, 0.2) is 0 Å². The summed E-state index contributed by atoms with van der Waals surface area (Å²) in [5.41, 5.74) is 1.86. The van der Waals surface area contributed by atoms with Gasteiger partial charge in [0.2, 0.25) is 0 Å². The fraction of sp³-hybridized carbons (Fsp3) is 0.786. The van der Waals surface area contributed by atoms with E-state index in [2.05, 4.69) is 31.2 Å². The van der Waals surface area contributed by atoms with Crippen LogP contribution in [0.5, 0.6) is 0 Å². The summed E-state index contributed by atoms with van der Waals surface area (Å²) in [7, 11) is 3.73. The van der Waals surface area contributed by atoms with Gasteiger partial charge in [-0.1, -0.05) is 11.6 Å². The first kappa shape index (κ1) is 16.5. The van der Waals surface area contributed by atoms with Gasteiger partial charge in [-0.25, -0.2) is 0 Å². The lowest BCUT2D eigenvalue weighted by Gasteiger charge is -2.28. The Bertz CT molecular complexity index is 415. The maximum absolute atomic E-state index is 6.36. The molecular formula is C14H26ClN3O. The highest BCUT2D eigenvalue weighted by atomic mass is 35.5. The molecule has 0 aliphatic rings. The Hall–Kier alpha value is -0.580. The quantitative estimate of drug-likeness (QED) is 0.838. The van der Waals surface area contributed by atoms with E-state index in [-0.39, 0.29) is 5.60 Å². The second-order valence-electron chi connectivity index (χ2n) is 5.52. The zero-order valence-corrected chi connectivity index (χ0v) is 13.6. The molecule has 110 valence electrons. The van der Waals surface area contributed by atoms with Gasteiger partial charge in [0.25, 0.3) is 0 Å². The Kier molecular flexibility index (Phi) is 5.83. The highest BCUT2D eigenvalue weighted by molar-refractivity contribution is 6.31. The summed E-state index contributed by atoms with van der Waals surface area (Å²) in [5.74, 6) is 0. The van der Waals surface area contributed by atoms with Crippen molar-refractivity contribution < 1.29 is 4.74 Å². The van der Waals surface area contributed by atoms with E-state index in [1.165, 1.54) is 0 Å². The van der Waals surface area contributed by atoms with Crippen LogP contribution in [-0.2, 0) is 17.7 Å². The van der Waals surface area contributed by atoms with Gasteiger partial charge in [0.05, 0.1) is 22.0 Å².